The number of aliphatic hydroxyl groups is 2. The van der Waals surface area contributed by atoms with Crippen molar-refractivity contribution in [3.8, 4) is 0 Å². The lowest BCUT2D eigenvalue weighted by molar-refractivity contribution is -0.333. The van der Waals surface area contributed by atoms with Gasteiger partial charge in [-0.25, -0.2) is 8.78 Å². The predicted octanol–water partition coefficient (Wildman–Crippen LogP) is -1.93. The summed E-state index contributed by atoms with van der Waals surface area (Å²) in [5, 5.41) is 26.9. The van der Waals surface area contributed by atoms with E-state index in [0.717, 1.165) is 0 Å². The second-order valence-electron chi connectivity index (χ2n) is 9.41. The highest BCUT2D eigenvalue weighted by Gasteiger charge is 2.61. The van der Waals surface area contributed by atoms with Crippen LogP contribution in [0.2, 0.25) is 0 Å². The molecule has 0 unspecified atom stereocenters. The Labute approximate surface area is 198 Å². The van der Waals surface area contributed by atoms with Crippen LogP contribution in [0.25, 0.3) is 0 Å². The van der Waals surface area contributed by atoms with Crippen molar-refractivity contribution in [2.75, 3.05) is 26.7 Å². The van der Waals surface area contributed by atoms with Crippen LogP contribution in [0.3, 0.4) is 0 Å². The minimum Gasteiger partial charge on any atom is -0.467 e. The van der Waals surface area contributed by atoms with Crippen molar-refractivity contribution in [2.24, 2.45) is 17.2 Å². The topological polar surface area (TPSA) is 180 Å². The lowest BCUT2D eigenvalue weighted by Gasteiger charge is -2.49. The number of ether oxygens (including phenoxy) is 4. The minimum atomic E-state index is -3.60. The highest BCUT2D eigenvalue weighted by Crippen LogP contribution is 2.40. The van der Waals surface area contributed by atoms with Crippen LogP contribution in [0.1, 0.15) is 26.7 Å². The van der Waals surface area contributed by atoms with Crippen LogP contribution in [0.15, 0.2) is 11.8 Å². The maximum atomic E-state index is 15.9. The van der Waals surface area contributed by atoms with Crippen LogP contribution < -0.4 is 27.8 Å². The zero-order valence-electron chi connectivity index (χ0n) is 19.8. The molecule has 13 heteroatoms. The summed E-state index contributed by atoms with van der Waals surface area (Å²) in [5.74, 6) is -3.20. The Morgan fingerprint density at radius 2 is 1.88 bits per heavy atom. The first kappa shape index (κ1) is 27.6. The molecule has 1 saturated carbocycles. The third-order valence-electron chi connectivity index (χ3n) is 6.64. The SMILES string of the molecule is CCN[C@@H]1C[C@H](N)[C@@H](O[C@H]2OC(CN)=CC[C@H]2N)C(F)(F)[C@H]1O[C@H]1OC[C@](C)(O)[C@H](NC)[C@H]1O. The smallest absolute Gasteiger partial charge is 0.302 e. The van der Waals surface area contributed by atoms with Gasteiger partial charge in [0.25, 0.3) is 0 Å². The number of aliphatic hydroxyl groups excluding tert-OH is 1. The van der Waals surface area contributed by atoms with E-state index < -0.39 is 66.6 Å². The molecule has 10 N–H and O–H groups in total. The molecule has 0 spiro atoms. The van der Waals surface area contributed by atoms with Gasteiger partial charge in [0.2, 0.25) is 6.29 Å². The average molecular weight is 496 g/mol. The molecule has 2 aliphatic heterocycles. The van der Waals surface area contributed by atoms with Gasteiger partial charge in [0.05, 0.1) is 25.2 Å². The van der Waals surface area contributed by atoms with E-state index in [1.165, 1.54) is 6.92 Å². The van der Waals surface area contributed by atoms with Crippen LogP contribution in [0, 0.1) is 0 Å². The van der Waals surface area contributed by atoms with E-state index in [4.69, 9.17) is 36.1 Å². The molecule has 2 heterocycles. The minimum absolute atomic E-state index is 0.0846. The molecule has 1 aliphatic carbocycles. The molecule has 0 bridgehead atoms. The van der Waals surface area contributed by atoms with Crippen LogP contribution in [-0.4, -0.2) is 104 Å². The lowest BCUT2D eigenvalue weighted by atomic mass is 9.82. The number of nitrogens with one attached hydrogen (secondary N) is 2. The van der Waals surface area contributed by atoms with E-state index in [1.807, 2.05) is 0 Å². The van der Waals surface area contributed by atoms with E-state index >= 15 is 8.78 Å². The summed E-state index contributed by atoms with van der Waals surface area (Å²) >= 11 is 0. The lowest BCUT2D eigenvalue weighted by Crippen LogP contribution is -2.71. The van der Waals surface area contributed by atoms with Gasteiger partial charge in [0.15, 0.2) is 6.29 Å². The average Bonchev–Trinajstić information content (AvgIpc) is 2.76. The Balaban J connectivity index is 1.82. The second kappa shape index (κ2) is 10.9. The summed E-state index contributed by atoms with van der Waals surface area (Å²) < 4.78 is 54.2. The number of likely N-dealkylation sites (N-methyl/N-ethyl adjacent to an activating group) is 2. The molecular weight excluding hydrogens is 456 g/mol. The van der Waals surface area contributed by atoms with Gasteiger partial charge in [-0.1, -0.05) is 6.92 Å². The van der Waals surface area contributed by atoms with Crippen LogP contribution in [0.5, 0.6) is 0 Å². The summed E-state index contributed by atoms with van der Waals surface area (Å²) in [7, 11) is 1.54. The Bertz CT molecular complexity index is 717. The summed E-state index contributed by atoms with van der Waals surface area (Å²) in [5.41, 5.74) is 16.4. The molecule has 0 aromatic rings. The van der Waals surface area contributed by atoms with E-state index in [0.29, 0.717) is 18.7 Å². The van der Waals surface area contributed by atoms with Crippen molar-refractivity contribution in [1.82, 2.24) is 10.6 Å². The maximum Gasteiger partial charge on any atom is 0.302 e. The summed E-state index contributed by atoms with van der Waals surface area (Å²) in [6.07, 6.45) is -5.33. The molecular formula is C21H39F2N5O6. The molecule has 10 atom stereocenters. The van der Waals surface area contributed by atoms with E-state index in [-0.39, 0.29) is 19.6 Å². The fourth-order valence-corrected chi connectivity index (χ4v) is 4.86. The molecule has 3 aliphatic rings. The van der Waals surface area contributed by atoms with Crippen molar-refractivity contribution in [1.29, 1.82) is 0 Å². The van der Waals surface area contributed by atoms with Crippen LogP contribution >= 0.6 is 0 Å². The zero-order valence-corrected chi connectivity index (χ0v) is 19.8. The van der Waals surface area contributed by atoms with Gasteiger partial charge in [-0.3, -0.25) is 0 Å². The molecule has 0 aromatic carbocycles. The van der Waals surface area contributed by atoms with Gasteiger partial charge in [0.1, 0.15) is 29.7 Å². The summed E-state index contributed by atoms with van der Waals surface area (Å²) in [4.78, 5) is 0. The quantitative estimate of drug-likeness (QED) is 0.199. The van der Waals surface area contributed by atoms with Gasteiger partial charge >= 0.3 is 5.92 Å². The van der Waals surface area contributed by atoms with E-state index in [9.17, 15) is 10.2 Å². The van der Waals surface area contributed by atoms with Crippen molar-refractivity contribution in [3.05, 3.63) is 11.8 Å². The van der Waals surface area contributed by atoms with Crippen molar-refractivity contribution >= 4 is 0 Å². The molecule has 3 rings (SSSR count). The van der Waals surface area contributed by atoms with Gasteiger partial charge in [-0.2, -0.15) is 0 Å². The fourth-order valence-electron chi connectivity index (χ4n) is 4.86. The first-order chi connectivity index (χ1) is 16.0. The molecule has 11 nitrogen and oxygen atoms in total. The second-order valence-corrected chi connectivity index (χ2v) is 9.41. The summed E-state index contributed by atoms with van der Waals surface area (Å²) in [6, 6.07) is -3.43. The number of halogens is 2. The van der Waals surface area contributed by atoms with Crippen molar-refractivity contribution in [2.45, 2.75) is 93.3 Å². The molecule has 0 amide bonds. The molecule has 198 valence electrons. The number of rotatable bonds is 8. The Morgan fingerprint density at radius 3 is 2.50 bits per heavy atom. The fraction of sp³-hybridized carbons (Fsp3) is 0.905. The maximum absolute atomic E-state index is 15.9. The molecule has 0 aromatic heterocycles. The molecule has 34 heavy (non-hydrogen) atoms. The first-order valence-electron chi connectivity index (χ1n) is 11.6. The predicted molar refractivity (Wildman–Crippen MR) is 119 cm³/mol. The molecule has 0 radical (unpaired) electrons. The van der Waals surface area contributed by atoms with Crippen molar-refractivity contribution in [3.63, 3.8) is 0 Å². The number of alkyl halides is 2. The Morgan fingerprint density at radius 1 is 1.21 bits per heavy atom. The van der Waals surface area contributed by atoms with Crippen LogP contribution in [0.4, 0.5) is 8.78 Å². The van der Waals surface area contributed by atoms with Gasteiger partial charge in [0, 0.05) is 12.1 Å². The van der Waals surface area contributed by atoms with Crippen molar-refractivity contribution < 1.29 is 37.9 Å². The number of hydrogen-bond acceptors (Lipinski definition) is 11. The van der Waals surface area contributed by atoms with E-state index in [1.54, 1.807) is 20.0 Å². The van der Waals surface area contributed by atoms with E-state index in [2.05, 4.69) is 10.6 Å². The monoisotopic (exact) mass is 495 g/mol. The first-order valence-corrected chi connectivity index (χ1v) is 11.6. The Hall–Kier alpha value is -1.00. The van der Waals surface area contributed by atoms with Gasteiger partial charge in [-0.15, -0.1) is 0 Å². The van der Waals surface area contributed by atoms with Gasteiger partial charge in [-0.05, 0) is 39.4 Å². The number of hydrogen-bond donors (Lipinski definition) is 7. The number of nitrogens with two attached hydrogens (primary N) is 3. The highest BCUT2D eigenvalue weighted by atomic mass is 19.3. The van der Waals surface area contributed by atoms with Crippen LogP contribution in [-0.2, 0) is 18.9 Å². The standard InChI is InChI=1S/C21H39F2N5O6/c1-4-28-13-7-12(26)16(33-18-11(25)6-5-10(8-24)32-18)21(22,23)17(13)34-19-14(29)15(27-3)20(2,30)9-31-19/h5,11-19,27-30H,4,6-9,24-26H2,1-3H3/t11-,12+,13-,14-,15-,16-,17+,18-,19-,20+/m1/s1. The third kappa shape index (κ3) is 5.53. The third-order valence-corrected chi connectivity index (χ3v) is 6.64. The highest BCUT2D eigenvalue weighted by molar-refractivity contribution is 5.07. The zero-order chi connectivity index (χ0) is 25.3. The Kier molecular flexibility index (Phi) is 8.88. The van der Waals surface area contributed by atoms with Gasteiger partial charge < -0.3 is 57.0 Å². The molecule has 2 fully saturated rings. The summed E-state index contributed by atoms with van der Waals surface area (Å²) in [6.45, 7) is 3.51. The largest absolute Gasteiger partial charge is 0.467 e. The normalized spacial score (nSPS) is 44.9. The molecule has 1 saturated heterocycles.